The van der Waals surface area contributed by atoms with Crippen LogP contribution in [-0.2, 0) is 52.8 Å². The minimum atomic E-state index is -1.10. The van der Waals surface area contributed by atoms with Crippen LogP contribution in [0.1, 0.15) is 48.8 Å². The zero-order chi connectivity index (χ0) is 37.3. The third-order valence-electron chi connectivity index (χ3n) is 8.33. The fourth-order valence-corrected chi connectivity index (χ4v) is 5.55. The van der Waals surface area contributed by atoms with E-state index < -0.39 is 66.1 Å². The van der Waals surface area contributed by atoms with Crippen molar-refractivity contribution in [3.8, 4) is 0 Å². The van der Waals surface area contributed by atoms with E-state index in [-0.39, 0.29) is 51.5 Å². The van der Waals surface area contributed by atoms with Crippen molar-refractivity contribution in [3.63, 3.8) is 0 Å². The Morgan fingerprint density at radius 1 is 0.712 bits per heavy atom. The molecule has 14 heteroatoms. The number of aliphatic carboxylic acids is 1. The van der Waals surface area contributed by atoms with Crippen LogP contribution in [0.4, 0.5) is 5.69 Å². The Morgan fingerprint density at radius 3 is 2.02 bits per heavy atom. The van der Waals surface area contributed by atoms with Crippen molar-refractivity contribution in [3.05, 3.63) is 102 Å². The number of carbonyl (C=O) groups is 7. The van der Waals surface area contributed by atoms with Crippen LogP contribution in [0.5, 0.6) is 0 Å². The van der Waals surface area contributed by atoms with Crippen molar-refractivity contribution >= 4 is 47.1 Å². The fourth-order valence-electron chi connectivity index (χ4n) is 5.55. The number of amides is 6. The summed E-state index contributed by atoms with van der Waals surface area (Å²) < 4.78 is 0. The first-order valence-corrected chi connectivity index (χ1v) is 17.2. The summed E-state index contributed by atoms with van der Waals surface area (Å²) in [4.78, 5) is 90.2. The van der Waals surface area contributed by atoms with Gasteiger partial charge in [0.05, 0.1) is 6.54 Å². The van der Waals surface area contributed by atoms with Crippen LogP contribution in [0.2, 0.25) is 0 Å². The highest BCUT2D eigenvalue weighted by Crippen LogP contribution is 2.14. The lowest BCUT2D eigenvalue weighted by atomic mass is 10.0. The average Bonchev–Trinajstić information content (AvgIpc) is 3.13. The fraction of sp³-hybridized carbons (Fsp3) is 0.342. The van der Waals surface area contributed by atoms with Gasteiger partial charge in [0.1, 0.15) is 18.1 Å². The van der Waals surface area contributed by atoms with E-state index >= 15 is 0 Å². The third-order valence-corrected chi connectivity index (χ3v) is 8.33. The lowest BCUT2D eigenvalue weighted by molar-refractivity contribution is -0.137. The van der Waals surface area contributed by atoms with Crippen molar-refractivity contribution < 1.29 is 38.7 Å². The van der Waals surface area contributed by atoms with Crippen LogP contribution in [0, 0.1) is 0 Å². The molecule has 0 spiro atoms. The van der Waals surface area contributed by atoms with Crippen molar-refractivity contribution in [2.75, 3.05) is 18.4 Å². The summed E-state index contributed by atoms with van der Waals surface area (Å²) in [5, 5.41) is 25.1. The molecule has 274 valence electrons. The molecule has 0 unspecified atom stereocenters. The lowest BCUT2D eigenvalue weighted by Crippen LogP contribution is -2.56. The summed E-state index contributed by atoms with van der Waals surface area (Å²) >= 11 is 0. The number of nitrogens with one attached hydrogen (secondary N) is 6. The maximum atomic E-state index is 13.8. The molecule has 2 aliphatic heterocycles. The second kappa shape index (κ2) is 20.0. The molecule has 3 atom stereocenters. The quantitative estimate of drug-likeness (QED) is 0.120. The summed E-state index contributed by atoms with van der Waals surface area (Å²) in [7, 11) is 0. The second-order valence-electron chi connectivity index (χ2n) is 12.5. The van der Waals surface area contributed by atoms with Gasteiger partial charge < -0.3 is 37.0 Å². The summed E-state index contributed by atoms with van der Waals surface area (Å²) in [6.07, 6.45) is 0.444. The van der Waals surface area contributed by atoms with Crippen LogP contribution >= 0.6 is 0 Å². The van der Waals surface area contributed by atoms with Crippen LogP contribution in [0.3, 0.4) is 0 Å². The zero-order valence-electron chi connectivity index (χ0n) is 28.7. The monoisotopic (exact) mass is 712 g/mol. The molecule has 6 amide bonds. The van der Waals surface area contributed by atoms with Crippen molar-refractivity contribution in [1.29, 1.82) is 0 Å². The Balaban J connectivity index is 1.59. The molecule has 14 nitrogen and oxygen atoms in total. The van der Waals surface area contributed by atoms with Crippen LogP contribution in [0.15, 0.2) is 84.9 Å². The van der Waals surface area contributed by atoms with E-state index in [2.05, 4.69) is 31.9 Å². The minimum absolute atomic E-state index is 0.0448. The van der Waals surface area contributed by atoms with Crippen LogP contribution in [-0.4, -0.2) is 77.7 Å². The van der Waals surface area contributed by atoms with E-state index in [1.165, 1.54) is 0 Å². The topological polar surface area (TPSA) is 212 Å². The van der Waals surface area contributed by atoms with Crippen molar-refractivity contribution in [2.24, 2.45) is 0 Å². The van der Waals surface area contributed by atoms with E-state index in [1.54, 1.807) is 48.5 Å². The standard InChI is InChI=1S/C38H44N6O8/c45-32-19-20-33(46)43-30(22-26-10-5-2-6-11-26)37(51)40-24-34(47)42-29(18-15-25-8-3-1-4-9-25)38(52)44-31(36(50)39-21-7-12-35(48)49)23-27-13-16-28(41-32)17-14-27/h1-6,8-11,13-14,16-17,29-31H,7,12,15,18-24H2,(H,39,50)(H,40,51)(H,41,45)(H,42,47)(H,43,46)(H,44,52)(H,48,49)/t29-,30-,31+/m1/s1. The number of benzene rings is 3. The maximum Gasteiger partial charge on any atom is 0.303 e. The van der Waals surface area contributed by atoms with Gasteiger partial charge in [0.25, 0.3) is 0 Å². The number of hydrogen-bond donors (Lipinski definition) is 7. The average molecular weight is 713 g/mol. The molecule has 0 aliphatic carbocycles. The molecule has 2 heterocycles. The van der Waals surface area contributed by atoms with Gasteiger partial charge >= 0.3 is 5.97 Å². The second-order valence-corrected chi connectivity index (χ2v) is 12.5. The van der Waals surface area contributed by atoms with E-state index in [9.17, 15) is 33.6 Å². The third kappa shape index (κ3) is 13.3. The van der Waals surface area contributed by atoms with Crippen LogP contribution in [0.25, 0.3) is 0 Å². The number of carboxylic acid groups (broad SMARTS) is 1. The Kier molecular flexibility index (Phi) is 14.9. The number of carbonyl (C=O) groups excluding carboxylic acids is 6. The van der Waals surface area contributed by atoms with Crippen LogP contribution < -0.4 is 31.9 Å². The Morgan fingerprint density at radius 2 is 1.35 bits per heavy atom. The van der Waals surface area contributed by atoms with Crippen molar-refractivity contribution in [2.45, 2.75) is 69.5 Å². The Hall–Kier alpha value is -6.05. The highest BCUT2D eigenvalue weighted by molar-refractivity contribution is 5.96. The van der Waals surface area contributed by atoms with E-state index in [1.807, 2.05) is 36.4 Å². The molecule has 0 saturated carbocycles. The predicted molar refractivity (Wildman–Crippen MR) is 192 cm³/mol. The molecule has 2 aliphatic rings. The molecule has 52 heavy (non-hydrogen) atoms. The molecule has 0 fully saturated rings. The zero-order valence-corrected chi connectivity index (χ0v) is 28.7. The lowest BCUT2D eigenvalue weighted by Gasteiger charge is -2.24. The Bertz CT molecular complexity index is 1700. The van der Waals surface area contributed by atoms with Gasteiger partial charge in [0.15, 0.2) is 0 Å². The molecule has 3 aromatic rings. The number of rotatable bonds is 10. The van der Waals surface area contributed by atoms with Gasteiger partial charge in [0, 0.05) is 44.3 Å². The van der Waals surface area contributed by atoms with Gasteiger partial charge in [-0.2, -0.15) is 0 Å². The van der Waals surface area contributed by atoms with Gasteiger partial charge in [-0.25, -0.2) is 0 Å². The number of aryl methyl sites for hydroxylation is 1. The number of fused-ring (bicyclic) bond motifs is 18. The van der Waals surface area contributed by atoms with Gasteiger partial charge in [-0.15, -0.1) is 0 Å². The Labute approximate surface area is 301 Å². The molecule has 0 saturated heterocycles. The molecule has 7 N–H and O–H groups in total. The molecule has 3 aromatic carbocycles. The molecular weight excluding hydrogens is 668 g/mol. The highest BCUT2D eigenvalue weighted by atomic mass is 16.4. The smallest absolute Gasteiger partial charge is 0.303 e. The summed E-state index contributed by atoms with van der Waals surface area (Å²) in [6.45, 7) is -0.434. The molecule has 2 bridgehead atoms. The van der Waals surface area contributed by atoms with Gasteiger partial charge in [0.2, 0.25) is 35.4 Å². The first-order valence-electron chi connectivity index (χ1n) is 17.2. The number of anilines is 1. The number of hydrogen-bond acceptors (Lipinski definition) is 7. The predicted octanol–water partition coefficient (Wildman–Crippen LogP) is 1.39. The maximum absolute atomic E-state index is 13.8. The van der Waals surface area contributed by atoms with E-state index in [0.29, 0.717) is 17.7 Å². The molecule has 5 rings (SSSR count). The SMILES string of the molecule is O=C(O)CCCNC(=O)[C@@H]1Cc2ccc(cc2)NC(=O)CCC(=O)N[C@H](Cc2ccccc2)C(=O)NCC(=O)N[C@H](CCc2ccccc2)C(=O)N1. The normalized spacial score (nSPS) is 19.2. The summed E-state index contributed by atoms with van der Waals surface area (Å²) in [5.41, 5.74) is 2.77. The first-order chi connectivity index (χ1) is 25.0. The highest BCUT2D eigenvalue weighted by Gasteiger charge is 2.28. The molecule has 0 aromatic heterocycles. The number of carboxylic acids is 1. The van der Waals surface area contributed by atoms with E-state index in [4.69, 9.17) is 5.11 Å². The largest absolute Gasteiger partial charge is 0.481 e. The molecular formula is C38H44N6O8. The van der Waals surface area contributed by atoms with Crippen molar-refractivity contribution in [1.82, 2.24) is 26.6 Å². The minimum Gasteiger partial charge on any atom is -0.481 e. The first kappa shape index (κ1) is 38.7. The summed E-state index contributed by atoms with van der Waals surface area (Å²) in [5.74, 6) is -4.44. The van der Waals surface area contributed by atoms with Gasteiger partial charge in [-0.05, 0) is 48.1 Å². The van der Waals surface area contributed by atoms with E-state index in [0.717, 1.165) is 11.1 Å². The summed E-state index contributed by atoms with van der Waals surface area (Å²) in [6, 6.07) is 21.7. The molecule has 0 radical (unpaired) electrons. The van der Waals surface area contributed by atoms with Gasteiger partial charge in [-0.1, -0.05) is 72.8 Å². The van der Waals surface area contributed by atoms with Gasteiger partial charge in [-0.3, -0.25) is 33.6 Å².